The molecule has 2 heterocycles. The van der Waals surface area contributed by atoms with Crippen LogP contribution in [-0.4, -0.2) is 64.3 Å². The van der Waals surface area contributed by atoms with Crippen molar-refractivity contribution in [3.8, 4) is 0 Å². The molecule has 0 aromatic heterocycles. The van der Waals surface area contributed by atoms with Crippen molar-refractivity contribution in [2.75, 3.05) is 31.2 Å². The molecule has 3 amide bonds. The summed E-state index contributed by atoms with van der Waals surface area (Å²) in [5.74, 6) is -0.588. The number of benzene rings is 3. The van der Waals surface area contributed by atoms with E-state index in [1.807, 2.05) is 67.6 Å². The van der Waals surface area contributed by atoms with Gasteiger partial charge in [0, 0.05) is 36.5 Å². The van der Waals surface area contributed by atoms with E-state index in [-0.39, 0.29) is 42.7 Å². The topological polar surface area (TPSA) is 116 Å². The molecule has 5 rings (SSSR count). The highest BCUT2D eigenvalue weighted by molar-refractivity contribution is 5.97. The molecule has 0 radical (unpaired) electrons. The van der Waals surface area contributed by atoms with Crippen LogP contribution in [0.4, 0.5) is 11.4 Å². The lowest BCUT2D eigenvalue weighted by atomic mass is 9.85. The maximum Gasteiger partial charge on any atom is 0.269 e. The second-order valence-electron chi connectivity index (χ2n) is 10.2. The van der Waals surface area contributed by atoms with Crippen molar-refractivity contribution in [2.45, 2.75) is 31.3 Å². The Labute approximate surface area is 232 Å². The van der Waals surface area contributed by atoms with Crippen LogP contribution in [0.3, 0.4) is 0 Å². The SMILES string of the molecule is CC(NC(=O)CN1CN(c2ccccc2)C2(CCN(C(=O)c3ccc([N+](=O)[O-])cc3)CC2)C1=O)c1ccccc1. The summed E-state index contributed by atoms with van der Waals surface area (Å²) < 4.78 is 0. The largest absolute Gasteiger partial charge is 0.348 e. The summed E-state index contributed by atoms with van der Waals surface area (Å²) in [4.78, 5) is 55.9. The highest BCUT2D eigenvalue weighted by Gasteiger charge is 2.54. The van der Waals surface area contributed by atoms with E-state index in [9.17, 15) is 24.5 Å². The number of nitrogens with zero attached hydrogens (tertiary/aromatic N) is 4. The first-order chi connectivity index (χ1) is 19.3. The minimum Gasteiger partial charge on any atom is -0.348 e. The summed E-state index contributed by atoms with van der Waals surface area (Å²) in [5.41, 5.74) is 1.28. The van der Waals surface area contributed by atoms with Gasteiger partial charge in [0.25, 0.3) is 17.5 Å². The van der Waals surface area contributed by atoms with Crippen molar-refractivity contribution in [3.05, 3.63) is 106 Å². The zero-order valence-electron chi connectivity index (χ0n) is 22.2. The van der Waals surface area contributed by atoms with E-state index in [0.29, 0.717) is 31.5 Å². The van der Waals surface area contributed by atoms with Crippen LogP contribution in [0.2, 0.25) is 0 Å². The van der Waals surface area contributed by atoms with E-state index in [4.69, 9.17) is 0 Å². The number of rotatable bonds is 7. The number of anilines is 1. The average Bonchev–Trinajstić information content (AvgIpc) is 3.24. The molecule has 1 atom stereocenters. The minimum absolute atomic E-state index is 0.0630. The number of piperidine rings is 1. The summed E-state index contributed by atoms with van der Waals surface area (Å²) in [6.45, 7) is 2.80. The molecule has 10 nitrogen and oxygen atoms in total. The summed E-state index contributed by atoms with van der Waals surface area (Å²) in [7, 11) is 0. The van der Waals surface area contributed by atoms with Crippen LogP contribution in [0.5, 0.6) is 0 Å². The highest BCUT2D eigenvalue weighted by Crippen LogP contribution is 2.39. The Morgan fingerprint density at radius 3 is 2.15 bits per heavy atom. The van der Waals surface area contributed by atoms with Gasteiger partial charge in [0.15, 0.2) is 0 Å². The summed E-state index contributed by atoms with van der Waals surface area (Å²) in [6, 6.07) is 24.6. The zero-order chi connectivity index (χ0) is 28.3. The van der Waals surface area contributed by atoms with Crippen molar-refractivity contribution >= 4 is 29.1 Å². The van der Waals surface area contributed by atoms with Gasteiger partial charge < -0.3 is 20.0 Å². The first-order valence-corrected chi connectivity index (χ1v) is 13.3. The Morgan fingerprint density at radius 2 is 1.55 bits per heavy atom. The monoisotopic (exact) mass is 541 g/mol. The Bertz CT molecular complexity index is 1390. The van der Waals surface area contributed by atoms with Crippen LogP contribution in [0.1, 0.15) is 41.7 Å². The number of likely N-dealkylation sites (tertiary alicyclic amines) is 1. The number of nitro benzene ring substituents is 1. The Morgan fingerprint density at radius 1 is 0.950 bits per heavy atom. The molecule has 2 saturated heterocycles. The molecule has 10 heteroatoms. The van der Waals surface area contributed by atoms with Gasteiger partial charge >= 0.3 is 0 Å². The summed E-state index contributed by atoms with van der Waals surface area (Å²) >= 11 is 0. The minimum atomic E-state index is -0.876. The van der Waals surface area contributed by atoms with Gasteiger partial charge in [0.2, 0.25) is 5.91 Å². The molecule has 2 fully saturated rings. The lowest BCUT2D eigenvalue weighted by Gasteiger charge is -2.43. The Hall–Kier alpha value is -4.73. The quantitative estimate of drug-likeness (QED) is 0.360. The molecule has 2 aliphatic rings. The van der Waals surface area contributed by atoms with Gasteiger partial charge in [-0.15, -0.1) is 0 Å². The third-order valence-electron chi connectivity index (χ3n) is 7.80. The second-order valence-corrected chi connectivity index (χ2v) is 10.2. The number of carbonyl (C=O) groups excluding carboxylic acids is 3. The Kier molecular flexibility index (Phi) is 7.50. The fraction of sp³-hybridized carbons (Fsp3) is 0.300. The standard InChI is InChI=1S/C30H31N5O5/c1-22(23-8-4-2-5-9-23)31-27(36)20-33-21-34(25-10-6-3-7-11-25)30(29(33)38)16-18-32(19-17-30)28(37)24-12-14-26(15-13-24)35(39)40/h2-15,22H,16-21H2,1H3,(H,31,36). The molecule has 3 aromatic carbocycles. The Balaban J connectivity index is 1.30. The van der Waals surface area contributed by atoms with Crippen molar-refractivity contribution in [1.29, 1.82) is 0 Å². The van der Waals surface area contributed by atoms with Gasteiger partial charge in [-0.3, -0.25) is 24.5 Å². The molecule has 1 unspecified atom stereocenters. The van der Waals surface area contributed by atoms with E-state index in [1.54, 1.807) is 9.80 Å². The van der Waals surface area contributed by atoms with E-state index in [1.165, 1.54) is 24.3 Å². The van der Waals surface area contributed by atoms with Crippen LogP contribution in [0.25, 0.3) is 0 Å². The predicted octanol–water partition coefficient (Wildman–Crippen LogP) is 3.75. The van der Waals surface area contributed by atoms with E-state index < -0.39 is 10.5 Å². The number of nitrogens with one attached hydrogen (secondary N) is 1. The van der Waals surface area contributed by atoms with Crippen LogP contribution < -0.4 is 10.2 Å². The molecule has 0 bridgehead atoms. The van der Waals surface area contributed by atoms with Crippen LogP contribution in [0.15, 0.2) is 84.9 Å². The molecule has 0 saturated carbocycles. The number of para-hydroxylation sites is 1. The van der Waals surface area contributed by atoms with Crippen LogP contribution >= 0.6 is 0 Å². The molecule has 1 N–H and O–H groups in total. The number of non-ortho nitro benzene ring substituents is 1. The first kappa shape index (κ1) is 26.9. The molecule has 206 valence electrons. The second kappa shape index (κ2) is 11.2. The fourth-order valence-corrected chi connectivity index (χ4v) is 5.60. The van der Waals surface area contributed by atoms with Gasteiger partial charge in [-0.2, -0.15) is 0 Å². The van der Waals surface area contributed by atoms with Gasteiger partial charge in [0.1, 0.15) is 12.1 Å². The molecule has 0 aliphatic carbocycles. The van der Waals surface area contributed by atoms with Crippen LogP contribution in [-0.2, 0) is 9.59 Å². The van der Waals surface area contributed by atoms with E-state index in [0.717, 1.165) is 11.3 Å². The molecule has 1 spiro atoms. The third-order valence-corrected chi connectivity index (χ3v) is 7.80. The molecule has 40 heavy (non-hydrogen) atoms. The van der Waals surface area contributed by atoms with Crippen molar-refractivity contribution in [3.63, 3.8) is 0 Å². The number of carbonyl (C=O) groups is 3. The van der Waals surface area contributed by atoms with Crippen LogP contribution in [0, 0.1) is 10.1 Å². The number of hydrogen-bond acceptors (Lipinski definition) is 6. The third kappa shape index (κ3) is 5.25. The highest BCUT2D eigenvalue weighted by atomic mass is 16.6. The molecule has 2 aliphatic heterocycles. The maximum atomic E-state index is 13.9. The maximum absolute atomic E-state index is 13.9. The first-order valence-electron chi connectivity index (χ1n) is 13.3. The van der Waals surface area contributed by atoms with Crippen molar-refractivity contribution in [1.82, 2.24) is 15.1 Å². The predicted molar refractivity (Wildman–Crippen MR) is 149 cm³/mol. The van der Waals surface area contributed by atoms with Gasteiger partial charge in [-0.05, 0) is 49.6 Å². The van der Waals surface area contributed by atoms with E-state index >= 15 is 0 Å². The normalized spacial score (nSPS) is 17.1. The summed E-state index contributed by atoms with van der Waals surface area (Å²) in [6.07, 6.45) is 0.802. The number of hydrogen-bond donors (Lipinski definition) is 1. The number of nitro groups is 1. The molecule has 3 aromatic rings. The van der Waals surface area contributed by atoms with Crippen molar-refractivity contribution in [2.24, 2.45) is 0 Å². The zero-order valence-corrected chi connectivity index (χ0v) is 22.2. The van der Waals surface area contributed by atoms with Crippen molar-refractivity contribution < 1.29 is 19.3 Å². The lowest BCUT2D eigenvalue weighted by molar-refractivity contribution is -0.384. The van der Waals surface area contributed by atoms with Gasteiger partial charge in [-0.1, -0.05) is 48.5 Å². The lowest BCUT2D eigenvalue weighted by Crippen LogP contribution is -2.57. The molecular weight excluding hydrogens is 510 g/mol. The average molecular weight is 542 g/mol. The fourth-order valence-electron chi connectivity index (χ4n) is 5.60. The van der Waals surface area contributed by atoms with E-state index in [2.05, 4.69) is 10.2 Å². The van der Waals surface area contributed by atoms with Gasteiger partial charge in [0.05, 0.1) is 17.6 Å². The number of amides is 3. The summed E-state index contributed by atoms with van der Waals surface area (Å²) in [5, 5.41) is 14.0. The molecular formula is C30H31N5O5. The smallest absolute Gasteiger partial charge is 0.269 e. The van der Waals surface area contributed by atoms with Gasteiger partial charge in [-0.25, -0.2) is 0 Å².